The first-order valence-electron chi connectivity index (χ1n) is 2.63. The van der Waals surface area contributed by atoms with Gasteiger partial charge in [0.05, 0.1) is 5.01 Å². The van der Waals surface area contributed by atoms with Crippen LogP contribution in [0.5, 0.6) is 0 Å². The fourth-order valence-electron chi connectivity index (χ4n) is 0.542. The predicted octanol–water partition coefficient (Wildman–Crippen LogP) is 1.45. The summed E-state index contributed by atoms with van der Waals surface area (Å²) in [6.45, 7) is 3.59. The van der Waals surface area contributed by atoms with E-state index >= 15 is 0 Å². The topological polar surface area (TPSA) is 38.9 Å². The Labute approximate surface area is 58.0 Å². The van der Waals surface area contributed by atoms with Gasteiger partial charge >= 0.3 is 0 Å². The number of nitrogens with two attached hydrogens (primary N) is 1. The Hall–Kier alpha value is -0.830. The molecule has 0 fully saturated rings. The number of hydrogen-bond donors (Lipinski definition) is 1. The maximum Gasteiger partial charge on any atom is 0.134 e. The summed E-state index contributed by atoms with van der Waals surface area (Å²) in [7, 11) is 0. The van der Waals surface area contributed by atoms with Gasteiger partial charge in [-0.1, -0.05) is 6.08 Å². The molecule has 1 rings (SSSR count). The van der Waals surface area contributed by atoms with Crippen molar-refractivity contribution >= 4 is 17.2 Å². The third-order valence-corrected chi connectivity index (χ3v) is 1.78. The zero-order valence-corrected chi connectivity index (χ0v) is 5.82. The first kappa shape index (κ1) is 6.29. The van der Waals surface area contributed by atoms with E-state index in [1.165, 1.54) is 0 Å². The molecule has 0 amide bonds. The molecular weight excluding hydrogens is 132 g/mol. The molecule has 0 unspecified atom stereocenters. The smallest absolute Gasteiger partial charge is 0.134 e. The summed E-state index contributed by atoms with van der Waals surface area (Å²) >= 11 is 1.57. The number of anilines is 1. The molecule has 48 valence electrons. The third-order valence-electron chi connectivity index (χ3n) is 0.888. The Kier molecular flexibility index (Phi) is 1.85. The predicted molar refractivity (Wildman–Crippen MR) is 40.4 cm³/mol. The highest BCUT2D eigenvalue weighted by atomic mass is 32.1. The van der Waals surface area contributed by atoms with Gasteiger partial charge in [-0.15, -0.1) is 17.9 Å². The van der Waals surface area contributed by atoms with E-state index in [-0.39, 0.29) is 0 Å². The molecular formula is C6H8N2S. The Morgan fingerprint density at radius 2 is 2.67 bits per heavy atom. The van der Waals surface area contributed by atoms with Crippen molar-refractivity contribution < 1.29 is 0 Å². The molecule has 0 saturated carbocycles. The summed E-state index contributed by atoms with van der Waals surface area (Å²) in [4.78, 5) is 4.03. The zero-order valence-electron chi connectivity index (χ0n) is 5.00. The van der Waals surface area contributed by atoms with Crippen LogP contribution >= 0.6 is 11.3 Å². The molecule has 0 spiro atoms. The fraction of sp³-hybridized carbons (Fsp3) is 0.167. The minimum Gasteiger partial charge on any atom is -0.383 e. The average molecular weight is 140 g/mol. The second-order valence-corrected chi connectivity index (χ2v) is 2.60. The van der Waals surface area contributed by atoms with Gasteiger partial charge in [-0.05, 0) is 0 Å². The van der Waals surface area contributed by atoms with E-state index in [2.05, 4.69) is 11.6 Å². The summed E-state index contributed by atoms with van der Waals surface area (Å²) in [5.41, 5.74) is 5.37. The lowest BCUT2D eigenvalue weighted by Gasteiger charge is -1.81. The number of nitrogen functional groups attached to an aromatic ring is 1. The summed E-state index contributed by atoms with van der Waals surface area (Å²) in [5.74, 6) is 0.608. The molecule has 2 nitrogen and oxygen atoms in total. The Morgan fingerprint density at radius 3 is 3.11 bits per heavy atom. The van der Waals surface area contributed by atoms with Crippen LogP contribution < -0.4 is 5.73 Å². The average Bonchev–Trinajstić information content (AvgIpc) is 2.17. The molecule has 0 aromatic carbocycles. The Balaban J connectivity index is 2.72. The van der Waals surface area contributed by atoms with Crippen molar-refractivity contribution in [2.45, 2.75) is 6.42 Å². The van der Waals surface area contributed by atoms with E-state index in [9.17, 15) is 0 Å². The van der Waals surface area contributed by atoms with Gasteiger partial charge in [-0.2, -0.15) is 0 Å². The van der Waals surface area contributed by atoms with Crippen LogP contribution in [0, 0.1) is 0 Å². The molecule has 0 aliphatic carbocycles. The minimum atomic E-state index is 0.608. The van der Waals surface area contributed by atoms with E-state index in [4.69, 9.17) is 5.73 Å². The molecule has 1 heterocycles. The van der Waals surface area contributed by atoms with E-state index in [1.54, 1.807) is 11.3 Å². The number of rotatable bonds is 2. The lowest BCUT2D eigenvalue weighted by atomic mass is 10.4. The van der Waals surface area contributed by atoms with Crippen molar-refractivity contribution in [2.75, 3.05) is 5.73 Å². The molecule has 3 heteroatoms. The molecule has 0 aliphatic heterocycles. The molecule has 0 aliphatic rings. The Morgan fingerprint density at radius 1 is 1.89 bits per heavy atom. The zero-order chi connectivity index (χ0) is 6.69. The number of thiazole rings is 1. The highest BCUT2D eigenvalue weighted by molar-refractivity contribution is 7.10. The summed E-state index contributed by atoms with van der Waals surface area (Å²) in [6, 6.07) is 0. The standard InChI is InChI=1S/C6H8N2S/c1-2-3-6-8-5(7)4-9-6/h2,4H,1,3,7H2. The molecule has 0 radical (unpaired) electrons. The van der Waals surface area contributed by atoms with Crippen LogP contribution in [-0.4, -0.2) is 4.98 Å². The number of aromatic nitrogens is 1. The van der Waals surface area contributed by atoms with Gasteiger partial charge in [0.1, 0.15) is 5.82 Å². The first-order chi connectivity index (χ1) is 4.33. The molecule has 0 atom stereocenters. The molecule has 1 aromatic rings. The monoisotopic (exact) mass is 140 g/mol. The van der Waals surface area contributed by atoms with Crippen LogP contribution in [0.25, 0.3) is 0 Å². The van der Waals surface area contributed by atoms with Gasteiger partial charge in [0, 0.05) is 11.8 Å². The number of nitrogens with zero attached hydrogens (tertiary/aromatic N) is 1. The summed E-state index contributed by atoms with van der Waals surface area (Å²) in [5, 5.41) is 2.86. The minimum absolute atomic E-state index is 0.608. The molecule has 0 bridgehead atoms. The summed E-state index contributed by atoms with van der Waals surface area (Å²) in [6.07, 6.45) is 2.64. The molecule has 2 N–H and O–H groups in total. The fourth-order valence-corrected chi connectivity index (χ4v) is 1.22. The highest BCUT2D eigenvalue weighted by Crippen LogP contribution is 2.10. The van der Waals surface area contributed by atoms with Crippen molar-refractivity contribution in [1.29, 1.82) is 0 Å². The van der Waals surface area contributed by atoms with E-state index < -0.39 is 0 Å². The Bertz CT molecular complexity index is 205. The van der Waals surface area contributed by atoms with Crippen LogP contribution in [0.4, 0.5) is 5.82 Å². The van der Waals surface area contributed by atoms with Gasteiger partial charge in [-0.3, -0.25) is 0 Å². The van der Waals surface area contributed by atoms with Gasteiger partial charge < -0.3 is 5.73 Å². The third kappa shape index (κ3) is 1.54. The van der Waals surface area contributed by atoms with E-state index in [0.717, 1.165) is 11.4 Å². The lowest BCUT2D eigenvalue weighted by molar-refractivity contribution is 1.20. The molecule has 9 heavy (non-hydrogen) atoms. The van der Waals surface area contributed by atoms with Crippen molar-refractivity contribution in [1.82, 2.24) is 4.98 Å². The SMILES string of the molecule is C=CCc1nc(N)cs1. The van der Waals surface area contributed by atoms with E-state index in [0.29, 0.717) is 5.82 Å². The second-order valence-electron chi connectivity index (χ2n) is 1.66. The normalized spacial score (nSPS) is 9.33. The van der Waals surface area contributed by atoms with E-state index in [1.807, 2.05) is 11.5 Å². The molecule has 0 saturated heterocycles. The van der Waals surface area contributed by atoms with Crippen LogP contribution in [0.15, 0.2) is 18.0 Å². The van der Waals surface area contributed by atoms with Crippen LogP contribution in [0.1, 0.15) is 5.01 Å². The van der Waals surface area contributed by atoms with Crippen LogP contribution in [0.3, 0.4) is 0 Å². The quantitative estimate of drug-likeness (QED) is 0.631. The molecule has 1 aromatic heterocycles. The number of hydrogen-bond acceptors (Lipinski definition) is 3. The van der Waals surface area contributed by atoms with Gasteiger partial charge in [0.25, 0.3) is 0 Å². The van der Waals surface area contributed by atoms with Gasteiger partial charge in [0.15, 0.2) is 0 Å². The van der Waals surface area contributed by atoms with Gasteiger partial charge in [0.2, 0.25) is 0 Å². The van der Waals surface area contributed by atoms with Crippen molar-refractivity contribution in [2.24, 2.45) is 0 Å². The van der Waals surface area contributed by atoms with Crippen molar-refractivity contribution in [3.05, 3.63) is 23.0 Å². The van der Waals surface area contributed by atoms with Crippen LogP contribution in [-0.2, 0) is 6.42 Å². The maximum atomic E-state index is 5.37. The lowest BCUT2D eigenvalue weighted by Crippen LogP contribution is -1.84. The highest BCUT2D eigenvalue weighted by Gasteiger charge is 1.93. The summed E-state index contributed by atoms with van der Waals surface area (Å²) < 4.78 is 0. The second kappa shape index (κ2) is 2.64. The van der Waals surface area contributed by atoms with Gasteiger partial charge in [-0.25, -0.2) is 4.98 Å². The maximum absolute atomic E-state index is 5.37. The van der Waals surface area contributed by atoms with Crippen molar-refractivity contribution in [3.8, 4) is 0 Å². The first-order valence-corrected chi connectivity index (χ1v) is 3.51. The largest absolute Gasteiger partial charge is 0.383 e. The van der Waals surface area contributed by atoms with Crippen molar-refractivity contribution in [3.63, 3.8) is 0 Å². The van der Waals surface area contributed by atoms with Crippen LogP contribution in [0.2, 0.25) is 0 Å². The number of allylic oxidation sites excluding steroid dienone is 1.